The summed E-state index contributed by atoms with van der Waals surface area (Å²) in [6, 6.07) is 0. The molecule has 18 heavy (non-hydrogen) atoms. The Morgan fingerprint density at radius 2 is 1.83 bits per heavy atom. The number of piperidine rings is 1. The average Bonchev–Trinajstić information content (AvgIpc) is 2.27. The first kappa shape index (κ1) is 13.9. The molecule has 3 nitrogen and oxygen atoms in total. The van der Waals surface area contributed by atoms with Crippen LogP contribution in [0.25, 0.3) is 0 Å². The molecule has 0 radical (unpaired) electrons. The van der Waals surface area contributed by atoms with Gasteiger partial charge in [-0.2, -0.15) is 0 Å². The Hall–Kier alpha value is -0.570. The predicted molar refractivity (Wildman–Crippen MR) is 74.1 cm³/mol. The lowest BCUT2D eigenvalue weighted by molar-refractivity contribution is -0.148. The van der Waals surface area contributed by atoms with Crippen molar-refractivity contribution in [3.8, 4) is 0 Å². The van der Waals surface area contributed by atoms with Crippen molar-refractivity contribution in [2.24, 2.45) is 22.5 Å². The van der Waals surface area contributed by atoms with Crippen LogP contribution in [0.3, 0.4) is 0 Å². The summed E-state index contributed by atoms with van der Waals surface area (Å²) in [5.41, 5.74) is 6.01. The van der Waals surface area contributed by atoms with Crippen LogP contribution >= 0.6 is 0 Å². The fourth-order valence-corrected chi connectivity index (χ4v) is 3.39. The number of likely N-dealkylation sites (tertiary alicyclic amines) is 1. The number of carbonyl (C=O) groups is 1. The number of rotatable bonds is 2. The van der Waals surface area contributed by atoms with Crippen LogP contribution < -0.4 is 5.73 Å². The van der Waals surface area contributed by atoms with Crippen molar-refractivity contribution in [3.05, 3.63) is 0 Å². The second kappa shape index (κ2) is 4.84. The molecule has 2 fully saturated rings. The largest absolute Gasteiger partial charge is 0.342 e. The van der Waals surface area contributed by atoms with E-state index >= 15 is 0 Å². The zero-order valence-electron chi connectivity index (χ0n) is 12.2. The summed E-state index contributed by atoms with van der Waals surface area (Å²) in [7, 11) is 0. The molecule has 1 saturated carbocycles. The van der Waals surface area contributed by atoms with Gasteiger partial charge in [0.25, 0.3) is 0 Å². The van der Waals surface area contributed by atoms with E-state index in [-0.39, 0.29) is 5.41 Å². The molecule has 0 aromatic rings. The summed E-state index contributed by atoms with van der Waals surface area (Å²) in [6.45, 7) is 9.32. The molecule has 2 N–H and O–H groups in total. The number of nitrogens with two attached hydrogens (primary N) is 1. The zero-order chi connectivity index (χ0) is 13.4. The zero-order valence-corrected chi connectivity index (χ0v) is 12.2. The van der Waals surface area contributed by atoms with Gasteiger partial charge >= 0.3 is 0 Å². The summed E-state index contributed by atoms with van der Waals surface area (Å²) in [5.74, 6) is 1.08. The molecule has 1 saturated heterocycles. The summed E-state index contributed by atoms with van der Waals surface area (Å²) in [5, 5.41) is 0. The Morgan fingerprint density at radius 3 is 2.17 bits per heavy atom. The molecule has 0 aromatic heterocycles. The molecule has 1 amide bonds. The Morgan fingerprint density at radius 1 is 1.28 bits per heavy atom. The Bertz CT molecular complexity index is 301. The van der Waals surface area contributed by atoms with E-state index in [0.717, 1.165) is 44.7 Å². The van der Waals surface area contributed by atoms with Gasteiger partial charge < -0.3 is 10.6 Å². The lowest BCUT2D eigenvalue weighted by Crippen LogP contribution is -2.54. The van der Waals surface area contributed by atoms with E-state index in [1.165, 1.54) is 6.42 Å². The molecular formula is C15H28N2O. The smallest absolute Gasteiger partial charge is 0.230 e. The maximum atomic E-state index is 12.5. The quantitative estimate of drug-likeness (QED) is 0.820. The normalized spacial score (nSPS) is 24.8. The lowest BCUT2D eigenvalue weighted by Gasteiger charge is -2.46. The fraction of sp³-hybridized carbons (Fsp3) is 0.933. The van der Waals surface area contributed by atoms with Crippen molar-refractivity contribution in [1.29, 1.82) is 0 Å². The minimum Gasteiger partial charge on any atom is -0.342 e. The first-order valence-corrected chi connectivity index (χ1v) is 7.38. The summed E-state index contributed by atoms with van der Waals surface area (Å²) >= 11 is 0. The predicted octanol–water partition coefficient (Wildman–Crippen LogP) is 2.40. The second-order valence-electron chi connectivity index (χ2n) is 7.27. The number of carbonyl (C=O) groups excluding carboxylic acids is 1. The average molecular weight is 252 g/mol. The number of hydrogen-bond donors (Lipinski definition) is 1. The van der Waals surface area contributed by atoms with Crippen LogP contribution in [0.4, 0.5) is 0 Å². The molecule has 0 aromatic carbocycles. The highest BCUT2D eigenvalue weighted by atomic mass is 16.2. The molecule has 0 unspecified atom stereocenters. The molecule has 2 rings (SSSR count). The maximum Gasteiger partial charge on any atom is 0.230 e. The van der Waals surface area contributed by atoms with Gasteiger partial charge in [-0.15, -0.1) is 0 Å². The van der Waals surface area contributed by atoms with E-state index in [4.69, 9.17) is 5.73 Å². The highest BCUT2D eigenvalue weighted by Gasteiger charge is 2.45. The number of amides is 1. The van der Waals surface area contributed by atoms with Crippen molar-refractivity contribution < 1.29 is 4.79 Å². The SMILES string of the molecule is CC(C)(C)C1CCN(C(=O)C2(CN)CCC2)CC1. The van der Waals surface area contributed by atoms with Gasteiger partial charge in [-0.3, -0.25) is 4.79 Å². The van der Waals surface area contributed by atoms with Crippen LogP contribution in [-0.2, 0) is 4.79 Å². The van der Waals surface area contributed by atoms with Crippen molar-refractivity contribution in [3.63, 3.8) is 0 Å². The third-order valence-electron chi connectivity index (χ3n) is 5.16. The molecule has 0 atom stereocenters. The molecule has 1 aliphatic carbocycles. The molecule has 0 bridgehead atoms. The second-order valence-corrected chi connectivity index (χ2v) is 7.27. The van der Waals surface area contributed by atoms with Crippen molar-refractivity contribution in [2.75, 3.05) is 19.6 Å². The summed E-state index contributed by atoms with van der Waals surface area (Å²) in [6.07, 6.45) is 5.47. The van der Waals surface area contributed by atoms with Crippen molar-refractivity contribution in [2.45, 2.75) is 52.9 Å². The van der Waals surface area contributed by atoms with Gasteiger partial charge in [0.05, 0.1) is 5.41 Å². The third-order valence-corrected chi connectivity index (χ3v) is 5.16. The Balaban J connectivity index is 1.92. The molecule has 1 aliphatic heterocycles. The first-order valence-electron chi connectivity index (χ1n) is 7.38. The van der Waals surface area contributed by atoms with Gasteiger partial charge in [0.2, 0.25) is 5.91 Å². The van der Waals surface area contributed by atoms with Gasteiger partial charge in [-0.05, 0) is 37.0 Å². The highest BCUT2D eigenvalue weighted by Crippen LogP contribution is 2.43. The van der Waals surface area contributed by atoms with E-state index < -0.39 is 0 Å². The van der Waals surface area contributed by atoms with Gasteiger partial charge in [-0.25, -0.2) is 0 Å². The molecular weight excluding hydrogens is 224 g/mol. The van der Waals surface area contributed by atoms with Crippen LogP contribution in [-0.4, -0.2) is 30.4 Å². The summed E-state index contributed by atoms with van der Waals surface area (Å²) in [4.78, 5) is 14.6. The van der Waals surface area contributed by atoms with E-state index in [9.17, 15) is 4.79 Å². The van der Waals surface area contributed by atoms with E-state index in [1.807, 2.05) is 0 Å². The lowest BCUT2D eigenvalue weighted by atomic mass is 9.67. The topological polar surface area (TPSA) is 46.3 Å². The monoisotopic (exact) mass is 252 g/mol. The minimum absolute atomic E-state index is 0.186. The van der Waals surface area contributed by atoms with Crippen LogP contribution in [0.2, 0.25) is 0 Å². The maximum absolute atomic E-state index is 12.5. The van der Waals surface area contributed by atoms with Crippen LogP contribution in [0.1, 0.15) is 52.9 Å². The van der Waals surface area contributed by atoms with E-state index in [2.05, 4.69) is 25.7 Å². The molecule has 104 valence electrons. The Labute approximate surface area is 111 Å². The number of nitrogens with zero attached hydrogens (tertiary/aromatic N) is 1. The van der Waals surface area contributed by atoms with Crippen molar-refractivity contribution in [1.82, 2.24) is 4.90 Å². The van der Waals surface area contributed by atoms with Gasteiger partial charge in [0.15, 0.2) is 0 Å². The van der Waals surface area contributed by atoms with Gasteiger partial charge in [0.1, 0.15) is 0 Å². The van der Waals surface area contributed by atoms with E-state index in [1.54, 1.807) is 0 Å². The van der Waals surface area contributed by atoms with E-state index in [0.29, 0.717) is 17.9 Å². The first-order chi connectivity index (χ1) is 8.39. The standard InChI is InChI=1S/C15H28N2O/c1-14(2,3)12-5-9-17(10-6-12)13(18)15(11-16)7-4-8-15/h12H,4-11,16H2,1-3H3. The summed E-state index contributed by atoms with van der Waals surface area (Å²) < 4.78 is 0. The molecule has 1 heterocycles. The molecule has 3 heteroatoms. The van der Waals surface area contributed by atoms with Crippen LogP contribution in [0, 0.1) is 16.7 Å². The Kier molecular flexibility index (Phi) is 3.72. The minimum atomic E-state index is -0.186. The molecule has 0 spiro atoms. The fourth-order valence-electron chi connectivity index (χ4n) is 3.39. The highest BCUT2D eigenvalue weighted by molar-refractivity contribution is 5.84. The third kappa shape index (κ3) is 2.42. The van der Waals surface area contributed by atoms with Crippen LogP contribution in [0.5, 0.6) is 0 Å². The van der Waals surface area contributed by atoms with Crippen LogP contribution in [0.15, 0.2) is 0 Å². The molecule has 2 aliphatic rings. The van der Waals surface area contributed by atoms with Gasteiger partial charge in [-0.1, -0.05) is 27.2 Å². The number of hydrogen-bond acceptors (Lipinski definition) is 2. The van der Waals surface area contributed by atoms with Gasteiger partial charge in [0, 0.05) is 19.6 Å². The van der Waals surface area contributed by atoms with Crippen molar-refractivity contribution >= 4 is 5.91 Å².